The van der Waals surface area contributed by atoms with Gasteiger partial charge in [-0.05, 0) is 50.8 Å². The number of nitrogens with zero attached hydrogens (tertiary/aromatic N) is 2. The Morgan fingerprint density at radius 2 is 2.24 bits per heavy atom. The van der Waals surface area contributed by atoms with E-state index in [0.717, 1.165) is 31.2 Å². The highest BCUT2D eigenvalue weighted by molar-refractivity contribution is 5.95. The van der Waals surface area contributed by atoms with E-state index in [2.05, 4.69) is 22.4 Å². The monoisotopic (exact) mass is 422 g/mol. The largest absolute Gasteiger partial charge is 0.348 e. The summed E-state index contributed by atoms with van der Waals surface area (Å²) in [6, 6.07) is 5.38. The highest BCUT2D eigenvalue weighted by atomic mass is 35.5. The van der Waals surface area contributed by atoms with Crippen molar-refractivity contribution in [3.05, 3.63) is 39.7 Å². The zero-order chi connectivity index (χ0) is 19.9. The molecule has 1 amide bonds. The Labute approximate surface area is 175 Å². The fraction of sp³-hybridized carbons (Fsp3) is 0.571. The van der Waals surface area contributed by atoms with E-state index in [0.29, 0.717) is 23.7 Å². The fourth-order valence-corrected chi connectivity index (χ4v) is 4.70. The maximum Gasteiger partial charge on any atom is 0.276 e. The Hall–Kier alpha value is -1.99. The lowest BCUT2D eigenvalue weighted by Crippen LogP contribution is -2.54. The summed E-state index contributed by atoms with van der Waals surface area (Å²) in [4.78, 5) is 27.4. The number of halogens is 2. The van der Waals surface area contributed by atoms with Crippen LogP contribution in [0.2, 0.25) is 0 Å². The molecule has 29 heavy (non-hydrogen) atoms. The summed E-state index contributed by atoms with van der Waals surface area (Å²) in [7, 11) is 1.81. The van der Waals surface area contributed by atoms with E-state index in [9.17, 15) is 14.0 Å². The Kier molecular flexibility index (Phi) is 6.29. The molecule has 3 atom stereocenters. The van der Waals surface area contributed by atoms with Crippen LogP contribution in [0.5, 0.6) is 0 Å². The molecule has 2 bridgehead atoms. The molecule has 0 radical (unpaired) electrons. The summed E-state index contributed by atoms with van der Waals surface area (Å²) in [5.74, 6) is -1.89. The number of para-hydroxylation sites is 1. The van der Waals surface area contributed by atoms with Gasteiger partial charge in [0.25, 0.3) is 5.91 Å². The molecule has 2 aliphatic rings. The van der Waals surface area contributed by atoms with E-state index >= 15 is 0 Å². The van der Waals surface area contributed by atoms with Crippen LogP contribution >= 0.6 is 12.4 Å². The highest BCUT2D eigenvalue weighted by Crippen LogP contribution is 2.43. The molecule has 3 unspecified atom stereocenters. The van der Waals surface area contributed by atoms with Crippen molar-refractivity contribution in [1.29, 1.82) is 0 Å². The molecule has 1 aromatic heterocycles. The summed E-state index contributed by atoms with van der Waals surface area (Å²) < 4.78 is 15.0. The van der Waals surface area contributed by atoms with Crippen LogP contribution in [0.4, 0.5) is 4.39 Å². The first-order valence-corrected chi connectivity index (χ1v) is 10.2. The van der Waals surface area contributed by atoms with Gasteiger partial charge in [0, 0.05) is 23.9 Å². The maximum atomic E-state index is 15.0. The number of piperidine rings is 1. The van der Waals surface area contributed by atoms with Crippen molar-refractivity contribution in [3.8, 4) is 0 Å². The van der Waals surface area contributed by atoms with Crippen molar-refractivity contribution in [2.75, 3.05) is 7.05 Å². The van der Waals surface area contributed by atoms with Gasteiger partial charge >= 0.3 is 0 Å². The number of H-pyrrole nitrogens is 1. The zero-order valence-electron chi connectivity index (χ0n) is 16.8. The molecule has 2 saturated heterocycles. The summed E-state index contributed by atoms with van der Waals surface area (Å²) >= 11 is 0. The lowest BCUT2D eigenvalue weighted by Gasteiger charge is -2.40. The number of carbonyl (C=O) groups is 1. The minimum Gasteiger partial charge on any atom is -0.348 e. The molecule has 0 aliphatic carbocycles. The SMILES string of the molecule is CCCCc1cccc2c(=O)c(C(=O)NC3CC4CCC(F)(C3)N4C)n[nH]c12.Cl. The number of hydrogen-bond donors (Lipinski definition) is 2. The quantitative estimate of drug-likeness (QED) is 0.724. The molecule has 3 heterocycles. The van der Waals surface area contributed by atoms with E-state index in [1.807, 2.05) is 12.1 Å². The third-order valence-corrected chi connectivity index (χ3v) is 6.40. The number of rotatable bonds is 5. The predicted molar refractivity (Wildman–Crippen MR) is 113 cm³/mol. The van der Waals surface area contributed by atoms with Crippen LogP contribution in [0.25, 0.3) is 10.9 Å². The van der Waals surface area contributed by atoms with Gasteiger partial charge in [-0.2, -0.15) is 5.10 Å². The maximum absolute atomic E-state index is 15.0. The Balaban J connectivity index is 0.00000240. The molecule has 2 N–H and O–H groups in total. The standard InChI is InChI=1S/C21H27FN4O2.ClH/c1-3-4-6-13-7-5-8-16-17(13)24-25-18(19(16)27)20(28)23-14-11-15-9-10-21(22,12-14)26(15)2;/h5,7-8,14-15H,3-4,6,9-12H2,1-2H3,(H,23,28)(H,24,27);1H. The summed E-state index contributed by atoms with van der Waals surface area (Å²) in [5, 5.41) is 10.3. The first-order valence-electron chi connectivity index (χ1n) is 10.2. The molecule has 1 aromatic carbocycles. The van der Waals surface area contributed by atoms with E-state index in [1.165, 1.54) is 0 Å². The van der Waals surface area contributed by atoms with E-state index in [4.69, 9.17) is 0 Å². The number of fused-ring (bicyclic) bond motifs is 3. The van der Waals surface area contributed by atoms with Crippen LogP contribution in [-0.4, -0.2) is 45.9 Å². The van der Waals surface area contributed by atoms with Crippen LogP contribution in [0.1, 0.15) is 61.5 Å². The molecule has 2 aliphatic heterocycles. The second kappa shape index (κ2) is 8.40. The Bertz CT molecular complexity index is 965. The van der Waals surface area contributed by atoms with Crippen LogP contribution in [-0.2, 0) is 6.42 Å². The number of unbranched alkanes of at least 4 members (excludes halogenated alkanes) is 1. The van der Waals surface area contributed by atoms with Gasteiger partial charge in [0.1, 0.15) is 0 Å². The Morgan fingerprint density at radius 1 is 1.45 bits per heavy atom. The number of nitrogens with one attached hydrogen (secondary N) is 2. The number of aromatic nitrogens is 2. The smallest absolute Gasteiger partial charge is 0.276 e. The number of aryl methyl sites for hydroxylation is 1. The normalized spacial score (nSPS) is 26.3. The van der Waals surface area contributed by atoms with Gasteiger partial charge in [-0.3, -0.25) is 19.6 Å². The summed E-state index contributed by atoms with van der Waals surface area (Å²) in [5.41, 5.74) is 1.19. The average molecular weight is 423 g/mol. The molecule has 0 saturated carbocycles. The number of hydrogen-bond acceptors (Lipinski definition) is 4. The second-order valence-corrected chi connectivity index (χ2v) is 8.18. The predicted octanol–water partition coefficient (Wildman–Crippen LogP) is 3.34. The van der Waals surface area contributed by atoms with Gasteiger partial charge in [-0.15, -0.1) is 12.4 Å². The van der Waals surface area contributed by atoms with Gasteiger partial charge in [0.2, 0.25) is 5.43 Å². The second-order valence-electron chi connectivity index (χ2n) is 8.18. The van der Waals surface area contributed by atoms with Crippen molar-refractivity contribution in [2.45, 2.75) is 69.7 Å². The minimum atomic E-state index is -1.36. The van der Waals surface area contributed by atoms with Gasteiger partial charge in [0.05, 0.1) is 5.52 Å². The molecule has 2 aromatic rings. The molecular weight excluding hydrogens is 395 g/mol. The van der Waals surface area contributed by atoms with Crippen molar-refractivity contribution in [2.24, 2.45) is 0 Å². The van der Waals surface area contributed by atoms with Crippen LogP contribution in [0.15, 0.2) is 23.0 Å². The number of amides is 1. The first-order chi connectivity index (χ1) is 13.4. The van der Waals surface area contributed by atoms with Crippen molar-refractivity contribution < 1.29 is 9.18 Å². The topological polar surface area (TPSA) is 78.1 Å². The third-order valence-electron chi connectivity index (χ3n) is 6.40. The number of aromatic amines is 1. The van der Waals surface area contributed by atoms with Crippen LogP contribution in [0, 0.1) is 0 Å². The molecular formula is C21H28ClFN4O2. The van der Waals surface area contributed by atoms with E-state index in [1.54, 1.807) is 18.0 Å². The first kappa shape index (κ1) is 21.7. The van der Waals surface area contributed by atoms with Crippen molar-refractivity contribution in [3.63, 3.8) is 0 Å². The molecule has 6 nitrogen and oxygen atoms in total. The van der Waals surface area contributed by atoms with Gasteiger partial charge < -0.3 is 5.32 Å². The molecule has 8 heteroatoms. The number of carbonyl (C=O) groups excluding carboxylic acids is 1. The minimum absolute atomic E-state index is 0. The van der Waals surface area contributed by atoms with E-state index in [-0.39, 0.29) is 42.0 Å². The third kappa shape index (κ3) is 3.90. The molecule has 2 fully saturated rings. The van der Waals surface area contributed by atoms with Crippen LogP contribution < -0.4 is 10.7 Å². The van der Waals surface area contributed by atoms with Crippen molar-refractivity contribution in [1.82, 2.24) is 20.4 Å². The van der Waals surface area contributed by atoms with Gasteiger partial charge in [-0.1, -0.05) is 25.5 Å². The van der Waals surface area contributed by atoms with Crippen molar-refractivity contribution >= 4 is 29.2 Å². The Morgan fingerprint density at radius 3 is 2.97 bits per heavy atom. The lowest BCUT2D eigenvalue weighted by molar-refractivity contribution is -0.0428. The molecule has 158 valence electrons. The average Bonchev–Trinajstić information content (AvgIpc) is 2.84. The summed E-state index contributed by atoms with van der Waals surface area (Å²) in [6.07, 6.45) is 5.17. The van der Waals surface area contributed by atoms with Gasteiger partial charge in [0.15, 0.2) is 11.5 Å². The molecule has 4 rings (SSSR count). The highest BCUT2D eigenvalue weighted by Gasteiger charge is 2.50. The molecule has 0 spiro atoms. The summed E-state index contributed by atoms with van der Waals surface area (Å²) in [6.45, 7) is 2.12. The lowest BCUT2D eigenvalue weighted by atomic mass is 9.96. The van der Waals surface area contributed by atoms with Crippen LogP contribution in [0.3, 0.4) is 0 Å². The zero-order valence-corrected chi connectivity index (χ0v) is 17.7. The number of benzene rings is 1. The number of alkyl halides is 1. The van der Waals surface area contributed by atoms with E-state index < -0.39 is 11.7 Å². The fourth-order valence-electron chi connectivity index (χ4n) is 4.70. The van der Waals surface area contributed by atoms with Gasteiger partial charge in [-0.25, -0.2) is 4.39 Å².